The Labute approximate surface area is 312 Å². The summed E-state index contributed by atoms with van der Waals surface area (Å²) in [6.45, 7) is 16.4. The predicted molar refractivity (Wildman–Crippen MR) is 226 cm³/mol. The highest BCUT2D eigenvalue weighted by atomic mass is 16.1. The lowest BCUT2D eigenvalue weighted by molar-refractivity contribution is -0.127. The SMILES string of the molecule is CC/C=C\C/C=C\C/C=C\C/C=C\C/C=C\C/C=C\CCC(=O)C(C)(C)C.CCCCC/C=C\C/C=C\CCCCCCCC(=O)C(C)(C)C. The van der Waals surface area contributed by atoms with Gasteiger partial charge >= 0.3 is 0 Å². The smallest absolute Gasteiger partial charge is 0.138 e. The summed E-state index contributed by atoms with van der Waals surface area (Å²) < 4.78 is 0. The topological polar surface area (TPSA) is 34.1 Å². The number of ketones is 2. The van der Waals surface area contributed by atoms with Gasteiger partial charge in [0.05, 0.1) is 0 Å². The molecule has 0 spiro atoms. The average Bonchev–Trinajstić information content (AvgIpc) is 3.06. The van der Waals surface area contributed by atoms with Gasteiger partial charge in [0.15, 0.2) is 0 Å². The van der Waals surface area contributed by atoms with Crippen LogP contribution in [-0.4, -0.2) is 11.6 Å². The minimum atomic E-state index is -0.211. The maximum Gasteiger partial charge on any atom is 0.138 e. The van der Waals surface area contributed by atoms with Crippen LogP contribution in [0.5, 0.6) is 0 Å². The van der Waals surface area contributed by atoms with Crippen LogP contribution in [-0.2, 0) is 9.59 Å². The van der Waals surface area contributed by atoms with Crippen LogP contribution in [0.4, 0.5) is 0 Å². The van der Waals surface area contributed by atoms with Crippen LogP contribution in [0.15, 0.2) is 97.2 Å². The normalized spacial score (nSPS) is 13.1. The van der Waals surface area contributed by atoms with Gasteiger partial charge < -0.3 is 0 Å². The monoisotopic (exact) mass is 689 g/mol. The van der Waals surface area contributed by atoms with E-state index in [2.05, 4.69) is 111 Å². The minimum Gasteiger partial charge on any atom is -0.299 e. The van der Waals surface area contributed by atoms with Crippen LogP contribution < -0.4 is 0 Å². The average molecular weight is 689 g/mol. The summed E-state index contributed by atoms with van der Waals surface area (Å²) >= 11 is 0. The summed E-state index contributed by atoms with van der Waals surface area (Å²) in [7, 11) is 0. The van der Waals surface area contributed by atoms with E-state index in [0.717, 1.165) is 64.2 Å². The van der Waals surface area contributed by atoms with Crippen molar-refractivity contribution in [1.29, 1.82) is 0 Å². The van der Waals surface area contributed by atoms with E-state index < -0.39 is 0 Å². The maximum absolute atomic E-state index is 11.8. The fraction of sp³-hybridized carbons (Fsp3) is 0.625. The quantitative estimate of drug-likeness (QED) is 0.0605. The molecule has 0 atom stereocenters. The summed E-state index contributed by atoms with van der Waals surface area (Å²) in [6, 6.07) is 0. The molecule has 0 saturated carbocycles. The zero-order valence-corrected chi connectivity index (χ0v) is 34.2. The van der Waals surface area contributed by atoms with E-state index in [0.29, 0.717) is 18.0 Å². The van der Waals surface area contributed by atoms with Crippen LogP contribution in [0, 0.1) is 10.8 Å². The largest absolute Gasteiger partial charge is 0.299 e. The lowest BCUT2D eigenvalue weighted by Crippen LogP contribution is -2.19. The Morgan fingerprint density at radius 1 is 0.360 bits per heavy atom. The van der Waals surface area contributed by atoms with Gasteiger partial charge in [-0.15, -0.1) is 0 Å². The molecule has 0 rings (SSSR count). The van der Waals surface area contributed by atoms with Crippen LogP contribution >= 0.6 is 0 Å². The molecule has 0 radical (unpaired) electrons. The second-order valence-electron chi connectivity index (χ2n) is 15.3. The van der Waals surface area contributed by atoms with Crippen LogP contribution in [0.3, 0.4) is 0 Å². The number of rotatable bonds is 28. The molecule has 0 aliphatic carbocycles. The number of allylic oxidation sites excluding steroid dienone is 16. The Bertz CT molecular complexity index is 1030. The Kier molecular flexibility index (Phi) is 35.6. The van der Waals surface area contributed by atoms with Crippen molar-refractivity contribution >= 4 is 11.6 Å². The number of hydrogen-bond acceptors (Lipinski definition) is 2. The van der Waals surface area contributed by atoms with Crippen molar-refractivity contribution in [2.75, 3.05) is 0 Å². The third kappa shape index (κ3) is 39.7. The van der Waals surface area contributed by atoms with Crippen molar-refractivity contribution in [1.82, 2.24) is 0 Å². The third-order valence-corrected chi connectivity index (χ3v) is 8.16. The second kappa shape index (κ2) is 36.1. The van der Waals surface area contributed by atoms with Crippen molar-refractivity contribution in [3.05, 3.63) is 97.2 Å². The van der Waals surface area contributed by atoms with Crippen LogP contribution in [0.25, 0.3) is 0 Å². The lowest BCUT2D eigenvalue weighted by Gasteiger charge is -2.16. The number of carbonyl (C=O) groups excluding carboxylic acids is 2. The molecule has 0 fully saturated rings. The first-order chi connectivity index (χ1) is 24.0. The third-order valence-electron chi connectivity index (χ3n) is 8.16. The van der Waals surface area contributed by atoms with Crippen molar-refractivity contribution < 1.29 is 9.59 Å². The van der Waals surface area contributed by atoms with Gasteiger partial charge in [-0.2, -0.15) is 0 Å². The first-order valence-corrected chi connectivity index (χ1v) is 20.2. The highest BCUT2D eigenvalue weighted by Crippen LogP contribution is 2.19. The van der Waals surface area contributed by atoms with E-state index in [1.54, 1.807) is 0 Å². The van der Waals surface area contributed by atoms with Crippen LogP contribution in [0.1, 0.15) is 184 Å². The molecular weight excluding hydrogens is 609 g/mol. The summed E-state index contributed by atoms with van der Waals surface area (Å²) in [5, 5.41) is 0. The maximum atomic E-state index is 11.8. The van der Waals surface area contributed by atoms with Gasteiger partial charge in [-0.25, -0.2) is 0 Å². The minimum absolute atomic E-state index is 0.157. The summed E-state index contributed by atoms with van der Waals surface area (Å²) in [5.41, 5.74) is -0.368. The molecular formula is C48H80O2. The molecule has 2 heteroatoms. The first-order valence-electron chi connectivity index (χ1n) is 20.2. The van der Waals surface area contributed by atoms with Gasteiger partial charge in [0.25, 0.3) is 0 Å². The molecule has 0 unspecified atom stereocenters. The predicted octanol–water partition coefficient (Wildman–Crippen LogP) is 15.5. The van der Waals surface area contributed by atoms with Crippen molar-refractivity contribution in [3.63, 3.8) is 0 Å². The Hall–Kier alpha value is -2.74. The van der Waals surface area contributed by atoms with Gasteiger partial charge in [0.2, 0.25) is 0 Å². The Morgan fingerprint density at radius 2 is 0.680 bits per heavy atom. The Balaban J connectivity index is 0. The molecule has 0 aromatic carbocycles. The number of unbranched alkanes of at least 4 members (excludes halogenated alkanes) is 8. The molecule has 0 N–H and O–H groups in total. The number of hydrogen-bond donors (Lipinski definition) is 0. The van der Waals surface area contributed by atoms with Crippen molar-refractivity contribution in [2.45, 2.75) is 184 Å². The van der Waals surface area contributed by atoms with E-state index >= 15 is 0 Å². The van der Waals surface area contributed by atoms with Gasteiger partial charge in [-0.1, -0.05) is 185 Å². The molecule has 0 amide bonds. The molecule has 0 bridgehead atoms. The van der Waals surface area contributed by atoms with Gasteiger partial charge in [-0.05, 0) is 83.5 Å². The molecule has 0 aliphatic heterocycles. The van der Waals surface area contributed by atoms with E-state index in [-0.39, 0.29) is 10.8 Å². The zero-order chi connectivity index (χ0) is 37.6. The molecule has 50 heavy (non-hydrogen) atoms. The zero-order valence-electron chi connectivity index (χ0n) is 34.2. The lowest BCUT2D eigenvalue weighted by atomic mass is 9.88. The van der Waals surface area contributed by atoms with Crippen molar-refractivity contribution in [3.8, 4) is 0 Å². The molecule has 0 aromatic heterocycles. The molecule has 0 saturated heterocycles. The molecule has 0 aliphatic rings. The van der Waals surface area contributed by atoms with Crippen LogP contribution in [0.2, 0.25) is 0 Å². The van der Waals surface area contributed by atoms with E-state index in [9.17, 15) is 9.59 Å². The molecule has 0 aromatic rings. The van der Waals surface area contributed by atoms with Gasteiger partial charge in [-0.3, -0.25) is 9.59 Å². The second-order valence-corrected chi connectivity index (χ2v) is 15.3. The summed E-state index contributed by atoms with van der Waals surface area (Å²) in [6.07, 6.45) is 57.5. The van der Waals surface area contributed by atoms with E-state index in [1.165, 1.54) is 57.8 Å². The van der Waals surface area contributed by atoms with Gasteiger partial charge in [0.1, 0.15) is 11.6 Å². The number of Topliss-reactive ketones (excluding diaryl/α,β-unsaturated/α-hetero) is 2. The molecule has 0 heterocycles. The van der Waals surface area contributed by atoms with Gasteiger partial charge in [0, 0.05) is 23.7 Å². The van der Waals surface area contributed by atoms with Crippen molar-refractivity contribution in [2.24, 2.45) is 10.8 Å². The van der Waals surface area contributed by atoms with E-state index in [4.69, 9.17) is 0 Å². The highest BCUT2D eigenvalue weighted by molar-refractivity contribution is 5.84. The first kappa shape index (κ1) is 49.4. The number of carbonyl (C=O) groups is 2. The highest BCUT2D eigenvalue weighted by Gasteiger charge is 2.20. The molecule has 2 nitrogen and oxygen atoms in total. The standard InChI is InChI=1S/C26H40O.C22H40O/c1-5-6-7-8-9-10-11-12-13-14-15-16-17-18-19-20-21-22-23-24-25(27)26(2,3)4;1-5-6-7-8-9-10-11-12-13-14-15-16-17-18-19-20-21(23)22(2,3)4/h6-7,9-10,12-13,15-16,18-19,21-22H,5,8,11,14,17,20,23-24H2,1-4H3;9-10,12-13H,5-8,11,14-20H2,1-4H3/b7-6-,10-9-,13-12-,16-15-,19-18-,22-21-;10-9-,13-12-. The summed E-state index contributed by atoms with van der Waals surface area (Å²) in [4.78, 5) is 23.6. The molecule has 284 valence electrons. The Morgan fingerprint density at radius 3 is 1.08 bits per heavy atom. The van der Waals surface area contributed by atoms with E-state index in [1.807, 2.05) is 41.5 Å². The summed E-state index contributed by atoms with van der Waals surface area (Å²) in [5.74, 6) is 0.741. The fourth-order valence-electron chi connectivity index (χ4n) is 4.70. The fourth-order valence-corrected chi connectivity index (χ4v) is 4.70.